The van der Waals surface area contributed by atoms with Crippen LogP contribution >= 0.6 is 0 Å². The molecule has 50 valence electrons. The first-order valence-electron chi connectivity index (χ1n) is 2.32. The first-order valence-corrected chi connectivity index (χ1v) is 2.32. The van der Waals surface area contributed by atoms with E-state index >= 15 is 0 Å². The molecule has 0 saturated heterocycles. The fraction of sp³-hybridized carbons (Fsp3) is 0.200. The Balaban J connectivity index is 3.86. The molecule has 0 aromatic carbocycles. The summed E-state index contributed by atoms with van der Waals surface area (Å²) in [6.07, 6.45) is 1.24. The largest absolute Gasteiger partial charge is 0.409 e. The summed E-state index contributed by atoms with van der Waals surface area (Å²) in [6, 6.07) is 0. The van der Waals surface area contributed by atoms with Crippen molar-refractivity contribution in [2.75, 3.05) is 0 Å². The predicted octanol–water partition coefficient (Wildman–Crippen LogP) is 0.0962. The van der Waals surface area contributed by atoms with Gasteiger partial charge in [0.2, 0.25) is 5.91 Å². The van der Waals surface area contributed by atoms with E-state index < -0.39 is 0 Å². The second-order valence-electron chi connectivity index (χ2n) is 1.37. The number of hydrogen-bond acceptors (Lipinski definition) is 3. The van der Waals surface area contributed by atoms with E-state index in [0.717, 1.165) is 0 Å². The molecular formula is C5H8N2O2. The van der Waals surface area contributed by atoms with Gasteiger partial charge in [-0.1, -0.05) is 11.7 Å². The number of rotatable bonds is 1. The van der Waals surface area contributed by atoms with Gasteiger partial charge in [0.25, 0.3) is 0 Å². The molecule has 0 rings (SSSR count). The average Bonchev–Trinajstić information content (AvgIpc) is 1.82. The van der Waals surface area contributed by atoms with Crippen LogP contribution in [-0.2, 0) is 4.79 Å². The summed E-state index contributed by atoms with van der Waals surface area (Å²) in [5.41, 5.74) is 0. The first-order chi connectivity index (χ1) is 4.20. The molecule has 0 bridgehead atoms. The van der Waals surface area contributed by atoms with Crippen LogP contribution < -0.4 is 5.32 Å². The molecule has 0 aliphatic heterocycles. The molecular weight excluding hydrogens is 120 g/mol. The minimum absolute atomic E-state index is 0.0579. The van der Waals surface area contributed by atoms with E-state index in [1.165, 1.54) is 13.0 Å². The van der Waals surface area contributed by atoms with Crippen molar-refractivity contribution < 1.29 is 10.0 Å². The number of oxime groups is 1. The van der Waals surface area contributed by atoms with Crippen LogP contribution in [0, 0.1) is 0 Å². The van der Waals surface area contributed by atoms with E-state index in [0.29, 0.717) is 0 Å². The Morgan fingerprint density at radius 1 is 1.89 bits per heavy atom. The van der Waals surface area contributed by atoms with Crippen molar-refractivity contribution in [2.45, 2.75) is 6.92 Å². The zero-order valence-electron chi connectivity index (χ0n) is 5.09. The van der Waals surface area contributed by atoms with Crippen molar-refractivity contribution in [2.24, 2.45) is 5.16 Å². The van der Waals surface area contributed by atoms with Crippen molar-refractivity contribution in [1.82, 2.24) is 5.32 Å². The van der Waals surface area contributed by atoms with Crippen LogP contribution in [0.4, 0.5) is 0 Å². The van der Waals surface area contributed by atoms with E-state index in [1.54, 1.807) is 0 Å². The molecule has 1 amide bonds. The van der Waals surface area contributed by atoms with Crippen LogP contribution in [0.2, 0.25) is 0 Å². The maximum atomic E-state index is 10.2. The Labute approximate surface area is 52.9 Å². The van der Waals surface area contributed by atoms with Crippen LogP contribution in [0.25, 0.3) is 0 Å². The molecule has 0 heterocycles. The van der Waals surface area contributed by atoms with E-state index in [9.17, 15) is 4.79 Å². The third-order valence-electron chi connectivity index (χ3n) is 0.605. The summed E-state index contributed by atoms with van der Waals surface area (Å²) < 4.78 is 0. The number of nitrogens with zero attached hydrogens (tertiary/aromatic N) is 1. The number of hydrogen-bond donors (Lipinski definition) is 2. The predicted molar refractivity (Wildman–Crippen MR) is 33.2 cm³/mol. The van der Waals surface area contributed by atoms with Gasteiger partial charge in [-0.3, -0.25) is 4.79 Å². The van der Waals surface area contributed by atoms with E-state index in [4.69, 9.17) is 5.21 Å². The molecule has 0 atom stereocenters. The third kappa shape index (κ3) is 3.28. The number of carbonyl (C=O) groups excluding carboxylic acids is 1. The molecule has 0 unspecified atom stereocenters. The van der Waals surface area contributed by atoms with E-state index in [2.05, 4.69) is 17.1 Å². The van der Waals surface area contributed by atoms with Gasteiger partial charge in [-0.15, -0.1) is 0 Å². The highest BCUT2D eigenvalue weighted by Crippen LogP contribution is 1.71. The second-order valence-corrected chi connectivity index (χ2v) is 1.37. The Kier molecular flexibility index (Phi) is 3.12. The van der Waals surface area contributed by atoms with E-state index in [1.807, 2.05) is 0 Å². The fourth-order valence-corrected chi connectivity index (χ4v) is 0.297. The summed E-state index contributed by atoms with van der Waals surface area (Å²) in [5.74, 6) is -0.231. The van der Waals surface area contributed by atoms with Gasteiger partial charge in [0, 0.05) is 6.92 Å². The minimum Gasteiger partial charge on any atom is -0.409 e. The van der Waals surface area contributed by atoms with Crippen LogP contribution in [0.5, 0.6) is 0 Å². The van der Waals surface area contributed by atoms with Crippen molar-refractivity contribution in [3.8, 4) is 0 Å². The summed E-state index contributed by atoms with van der Waals surface area (Å²) in [5, 5.41) is 13.0. The Hall–Kier alpha value is -1.32. The van der Waals surface area contributed by atoms with Gasteiger partial charge < -0.3 is 10.5 Å². The lowest BCUT2D eigenvalue weighted by molar-refractivity contribution is -0.117. The highest BCUT2D eigenvalue weighted by Gasteiger charge is 1.93. The summed E-state index contributed by atoms with van der Waals surface area (Å²) in [6.45, 7) is 4.59. The smallest absolute Gasteiger partial charge is 0.222 e. The number of carbonyl (C=O) groups is 1. The lowest BCUT2D eigenvalue weighted by Gasteiger charge is -1.95. The third-order valence-corrected chi connectivity index (χ3v) is 0.605. The first kappa shape index (κ1) is 7.68. The minimum atomic E-state index is -0.289. The Morgan fingerprint density at radius 3 is 2.56 bits per heavy atom. The molecule has 0 aromatic heterocycles. The molecule has 0 aromatic rings. The van der Waals surface area contributed by atoms with Crippen LogP contribution in [0.1, 0.15) is 6.92 Å². The number of nitrogens with one attached hydrogen (secondary N) is 1. The molecule has 4 nitrogen and oxygen atoms in total. The second kappa shape index (κ2) is 3.65. The van der Waals surface area contributed by atoms with Crippen LogP contribution in [0.3, 0.4) is 0 Å². The van der Waals surface area contributed by atoms with Gasteiger partial charge in [0.05, 0.1) is 0 Å². The zero-order valence-corrected chi connectivity index (χ0v) is 5.09. The van der Waals surface area contributed by atoms with Gasteiger partial charge in [0.15, 0.2) is 5.84 Å². The van der Waals surface area contributed by atoms with Crippen molar-refractivity contribution in [3.63, 3.8) is 0 Å². The maximum Gasteiger partial charge on any atom is 0.222 e. The standard InChI is InChI=1S/C5H8N2O2/c1-3-5(7-9)6-4(2)8/h3,9H,1H2,2H3,(H,6,7,8). The Morgan fingerprint density at radius 2 is 2.44 bits per heavy atom. The normalized spacial score (nSPS) is 10.6. The van der Waals surface area contributed by atoms with Crippen LogP contribution in [0.15, 0.2) is 17.8 Å². The summed E-state index contributed by atoms with van der Waals surface area (Å²) in [4.78, 5) is 10.2. The molecule has 0 saturated carbocycles. The van der Waals surface area contributed by atoms with Crippen LogP contribution in [-0.4, -0.2) is 17.0 Å². The lowest BCUT2D eigenvalue weighted by Crippen LogP contribution is -2.25. The number of amides is 1. The molecule has 0 fully saturated rings. The SMILES string of the molecule is C=C/C(=N\O)NC(C)=O. The maximum absolute atomic E-state index is 10.2. The van der Waals surface area contributed by atoms with Gasteiger partial charge in [-0.05, 0) is 6.08 Å². The zero-order chi connectivity index (χ0) is 7.28. The highest BCUT2D eigenvalue weighted by molar-refractivity contribution is 6.02. The van der Waals surface area contributed by atoms with Crippen molar-refractivity contribution in [3.05, 3.63) is 12.7 Å². The molecule has 0 aliphatic carbocycles. The number of amidine groups is 1. The van der Waals surface area contributed by atoms with E-state index in [-0.39, 0.29) is 11.7 Å². The quantitative estimate of drug-likeness (QED) is 0.227. The summed E-state index contributed by atoms with van der Waals surface area (Å²) >= 11 is 0. The molecule has 0 radical (unpaired) electrons. The average molecular weight is 128 g/mol. The van der Waals surface area contributed by atoms with Gasteiger partial charge in [-0.2, -0.15) is 0 Å². The Bertz CT molecular complexity index is 151. The monoisotopic (exact) mass is 128 g/mol. The van der Waals surface area contributed by atoms with Gasteiger partial charge in [-0.25, -0.2) is 0 Å². The molecule has 9 heavy (non-hydrogen) atoms. The summed E-state index contributed by atoms with van der Waals surface area (Å²) in [7, 11) is 0. The highest BCUT2D eigenvalue weighted by atomic mass is 16.4. The van der Waals surface area contributed by atoms with Gasteiger partial charge in [0.1, 0.15) is 0 Å². The molecule has 0 spiro atoms. The molecule has 2 N–H and O–H groups in total. The van der Waals surface area contributed by atoms with Crippen molar-refractivity contribution in [1.29, 1.82) is 0 Å². The van der Waals surface area contributed by atoms with Crippen molar-refractivity contribution >= 4 is 11.7 Å². The molecule has 4 heteroatoms. The fourth-order valence-electron chi connectivity index (χ4n) is 0.297. The van der Waals surface area contributed by atoms with Gasteiger partial charge >= 0.3 is 0 Å². The lowest BCUT2D eigenvalue weighted by atomic mass is 10.5. The topological polar surface area (TPSA) is 61.7 Å². The molecule has 0 aliphatic rings.